The smallest absolute Gasteiger partial charge is 0.0220 e. The van der Waals surface area contributed by atoms with Crippen LogP contribution in [0.25, 0.3) is 0 Å². The Morgan fingerprint density at radius 2 is 2.00 bits per heavy atom. The molecule has 2 rings (SSSR count). The number of nitrogens with one attached hydrogen (secondary N) is 1. The van der Waals surface area contributed by atoms with Crippen molar-refractivity contribution in [1.29, 1.82) is 0 Å². The molecule has 0 aromatic heterocycles. The maximum Gasteiger partial charge on any atom is 0.0220 e. The lowest BCUT2D eigenvalue weighted by atomic mass is 9.92. The van der Waals surface area contributed by atoms with Gasteiger partial charge in [0.1, 0.15) is 0 Å². The minimum Gasteiger partial charge on any atom is -0.312 e. The second-order valence-corrected chi connectivity index (χ2v) is 5.48. The summed E-state index contributed by atoms with van der Waals surface area (Å²) in [5.41, 5.74) is 0. The quantitative estimate of drug-likeness (QED) is 0.747. The Labute approximate surface area is 94.4 Å². The van der Waals surface area contributed by atoms with Gasteiger partial charge in [0.05, 0.1) is 0 Å². The van der Waals surface area contributed by atoms with Crippen molar-refractivity contribution in [3.63, 3.8) is 0 Å². The van der Waals surface area contributed by atoms with Crippen LogP contribution in [0.5, 0.6) is 0 Å². The largest absolute Gasteiger partial charge is 0.312 e. The number of nitrogens with zero attached hydrogens (tertiary/aromatic N) is 1. The first-order valence-electron chi connectivity index (χ1n) is 6.75. The van der Waals surface area contributed by atoms with Crippen LogP contribution < -0.4 is 5.32 Å². The molecule has 0 spiro atoms. The molecule has 0 aromatic rings. The van der Waals surface area contributed by atoms with Crippen molar-refractivity contribution in [3.8, 4) is 0 Å². The van der Waals surface area contributed by atoms with Gasteiger partial charge in [0.25, 0.3) is 0 Å². The van der Waals surface area contributed by atoms with Crippen molar-refractivity contribution in [3.05, 3.63) is 0 Å². The number of rotatable bonds is 5. The van der Waals surface area contributed by atoms with Crippen LogP contribution in [0.15, 0.2) is 0 Å². The van der Waals surface area contributed by atoms with Gasteiger partial charge in [-0.15, -0.1) is 0 Å². The van der Waals surface area contributed by atoms with E-state index in [1.54, 1.807) is 0 Å². The molecule has 2 atom stereocenters. The van der Waals surface area contributed by atoms with E-state index in [1.807, 2.05) is 0 Å². The molecule has 1 aliphatic heterocycles. The first-order chi connectivity index (χ1) is 7.29. The highest BCUT2D eigenvalue weighted by atomic mass is 15.2. The van der Waals surface area contributed by atoms with E-state index in [4.69, 9.17) is 0 Å². The third-order valence-electron chi connectivity index (χ3n) is 4.05. The zero-order valence-corrected chi connectivity index (χ0v) is 10.3. The van der Waals surface area contributed by atoms with Crippen molar-refractivity contribution in [2.75, 3.05) is 26.2 Å². The molecule has 0 aromatic carbocycles. The lowest BCUT2D eigenvalue weighted by Crippen LogP contribution is -2.48. The zero-order valence-electron chi connectivity index (χ0n) is 10.3. The Morgan fingerprint density at radius 3 is 2.60 bits per heavy atom. The molecule has 1 saturated heterocycles. The zero-order chi connectivity index (χ0) is 10.7. The molecule has 2 nitrogen and oxygen atoms in total. The summed E-state index contributed by atoms with van der Waals surface area (Å²) in [5.74, 6) is 1.90. The SMILES string of the molecule is CCN(CC1CC1)CC1NCCCC1C. The summed E-state index contributed by atoms with van der Waals surface area (Å²) in [7, 11) is 0. The van der Waals surface area contributed by atoms with Crippen LogP contribution in [0, 0.1) is 11.8 Å². The molecule has 2 unspecified atom stereocenters. The second-order valence-electron chi connectivity index (χ2n) is 5.48. The Morgan fingerprint density at radius 1 is 1.20 bits per heavy atom. The van der Waals surface area contributed by atoms with Gasteiger partial charge in [-0.25, -0.2) is 0 Å². The van der Waals surface area contributed by atoms with Crippen molar-refractivity contribution >= 4 is 0 Å². The summed E-state index contributed by atoms with van der Waals surface area (Å²) in [6, 6.07) is 0.748. The van der Waals surface area contributed by atoms with Crippen molar-refractivity contribution in [1.82, 2.24) is 10.2 Å². The van der Waals surface area contributed by atoms with E-state index in [2.05, 4.69) is 24.1 Å². The molecule has 1 N–H and O–H groups in total. The van der Waals surface area contributed by atoms with Crippen molar-refractivity contribution in [2.45, 2.75) is 45.6 Å². The molecule has 2 fully saturated rings. The number of hydrogen-bond acceptors (Lipinski definition) is 2. The van der Waals surface area contributed by atoms with Gasteiger partial charge in [0, 0.05) is 19.1 Å². The van der Waals surface area contributed by atoms with E-state index < -0.39 is 0 Å². The van der Waals surface area contributed by atoms with Gasteiger partial charge in [0.2, 0.25) is 0 Å². The highest BCUT2D eigenvalue weighted by Gasteiger charge is 2.27. The van der Waals surface area contributed by atoms with Crippen LogP contribution in [-0.4, -0.2) is 37.1 Å². The molecular formula is C13H26N2. The Hall–Kier alpha value is -0.0800. The van der Waals surface area contributed by atoms with Crippen LogP contribution in [0.1, 0.15) is 39.5 Å². The van der Waals surface area contributed by atoms with Gasteiger partial charge in [-0.3, -0.25) is 0 Å². The minimum atomic E-state index is 0.748. The Balaban J connectivity index is 1.75. The molecule has 1 aliphatic carbocycles. The fourth-order valence-corrected chi connectivity index (χ4v) is 2.63. The van der Waals surface area contributed by atoms with E-state index in [0.717, 1.165) is 17.9 Å². The van der Waals surface area contributed by atoms with E-state index in [9.17, 15) is 0 Å². The Bertz CT molecular complexity index is 189. The number of likely N-dealkylation sites (N-methyl/N-ethyl adjacent to an activating group) is 1. The summed E-state index contributed by atoms with van der Waals surface area (Å²) in [6.45, 7) is 9.78. The highest BCUT2D eigenvalue weighted by Crippen LogP contribution is 2.30. The van der Waals surface area contributed by atoms with E-state index in [-0.39, 0.29) is 0 Å². The van der Waals surface area contributed by atoms with Crippen LogP contribution in [-0.2, 0) is 0 Å². The molecule has 1 saturated carbocycles. The van der Waals surface area contributed by atoms with Crippen LogP contribution in [0.3, 0.4) is 0 Å². The minimum absolute atomic E-state index is 0.748. The standard InChI is InChI=1S/C13H26N2/c1-3-15(9-12-6-7-12)10-13-11(2)5-4-8-14-13/h11-14H,3-10H2,1-2H3. The summed E-state index contributed by atoms with van der Waals surface area (Å²) >= 11 is 0. The normalized spacial score (nSPS) is 32.2. The maximum atomic E-state index is 3.69. The average molecular weight is 210 g/mol. The summed E-state index contributed by atoms with van der Waals surface area (Å²) < 4.78 is 0. The number of hydrogen-bond donors (Lipinski definition) is 1. The molecule has 1 heterocycles. The van der Waals surface area contributed by atoms with Crippen LogP contribution >= 0.6 is 0 Å². The molecule has 2 aliphatic rings. The van der Waals surface area contributed by atoms with Gasteiger partial charge in [0.15, 0.2) is 0 Å². The van der Waals surface area contributed by atoms with Gasteiger partial charge in [-0.05, 0) is 50.6 Å². The van der Waals surface area contributed by atoms with Gasteiger partial charge in [-0.1, -0.05) is 13.8 Å². The molecule has 0 bridgehead atoms. The van der Waals surface area contributed by atoms with Crippen molar-refractivity contribution in [2.24, 2.45) is 11.8 Å². The predicted octanol–water partition coefficient (Wildman–Crippen LogP) is 2.11. The lowest BCUT2D eigenvalue weighted by molar-refractivity contribution is 0.191. The third kappa shape index (κ3) is 3.46. The lowest BCUT2D eigenvalue weighted by Gasteiger charge is -2.34. The fraction of sp³-hybridized carbons (Fsp3) is 1.00. The molecule has 15 heavy (non-hydrogen) atoms. The first kappa shape index (κ1) is 11.4. The molecular weight excluding hydrogens is 184 g/mol. The number of piperidine rings is 1. The van der Waals surface area contributed by atoms with Gasteiger partial charge < -0.3 is 10.2 Å². The van der Waals surface area contributed by atoms with Crippen molar-refractivity contribution < 1.29 is 0 Å². The van der Waals surface area contributed by atoms with E-state index in [0.29, 0.717) is 0 Å². The summed E-state index contributed by atoms with van der Waals surface area (Å²) in [6.07, 6.45) is 5.74. The molecule has 0 amide bonds. The van der Waals surface area contributed by atoms with Crippen LogP contribution in [0.2, 0.25) is 0 Å². The predicted molar refractivity (Wildman–Crippen MR) is 65.0 cm³/mol. The maximum absolute atomic E-state index is 3.69. The Kier molecular flexibility index (Phi) is 4.04. The average Bonchev–Trinajstić information content (AvgIpc) is 3.04. The monoisotopic (exact) mass is 210 g/mol. The highest BCUT2D eigenvalue weighted by molar-refractivity contribution is 4.84. The van der Waals surface area contributed by atoms with Crippen LogP contribution in [0.4, 0.5) is 0 Å². The van der Waals surface area contributed by atoms with Gasteiger partial charge >= 0.3 is 0 Å². The third-order valence-corrected chi connectivity index (χ3v) is 4.05. The fourth-order valence-electron chi connectivity index (χ4n) is 2.63. The van der Waals surface area contributed by atoms with Gasteiger partial charge in [-0.2, -0.15) is 0 Å². The first-order valence-corrected chi connectivity index (χ1v) is 6.75. The molecule has 0 radical (unpaired) electrons. The summed E-state index contributed by atoms with van der Waals surface area (Å²) in [5, 5.41) is 3.69. The summed E-state index contributed by atoms with van der Waals surface area (Å²) in [4.78, 5) is 2.65. The topological polar surface area (TPSA) is 15.3 Å². The molecule has 2 heteroatoms. The van der Waals surface area contributed by atoms with E-state index >= 15 is 0 Å². The molecule has 88 valence electrons. The van der Waals surface area contributed by atoms with E-state index in [1.165, 1.54) is 51.9 Å². The second kappa shape index (κ2) is 5.31.